The Morgan fingerprint density at radius 1 is 1.21 bits per heavy atom. The first kappa shape index (κ1) is 19.6. The van der Waals surface area contributed by atoms with Gasteiger partial charge < -0.3 is 19.9 Å². The molecular weight excluding hydrogens is 331 g/mol. The molecule has 0 fully saturated rings. The Balaban J connectivity index is 3.08. The molecule has 0 radical (unpaired) electrons. The van der Waals surface area contributed by atoms with Gasteiger partial charge in [0.25, 0.3) is 0 Å². The van der Waals surface area contributed by atoms with Gasteiger partial charge >= 0.3 is 18.4 Å². The quantitative estimate of drug-likeness (QED) is 0.848. The number of carbonyl (C=O) groups is 2. The Kier molecular flexibility index (Phi) is 6.05. The van der Waals surface area contributed by atoms with Crippen LogP contribution in [0.3, 0.4) is 0 Å². The van der Waals surface area contributed by atoms with Crippen LogP contribution in [0.1, 0.15) is 38.8 Å². The van der Waals surface area contributed by atoms with Crippen molar-refractivity contribution in [3.8, 4) is 5.75 Å². The number of ether oxygens (including phenoxy) is 2. The molecule has 0 aliphatic carbocycles. The standard InChI is InChI=1S/C15H18F3NO5/c1-14(2,3)24-13(22)19-10(8-12(20)21)9-6-4-5-7-11(9)23-15(16,17)18/h4-7,10H,8H2,1-3H3,(H,19,22)(H,20,21)/t10-/m0/s1. The number of para-hydroxylation sites is 1. The lowest BCUT2D eigenvalue weighted by Crippen LogP contribution is -2.36. The van der Waals surface area contributed by atoms with E-state index in [-0.39, 0.29) is 5.56 Å². The summed E-state index contributed by atoms with van der Waals surface area (Å²) in [5.41, 5.74) is -0.970. The fourth-order valence-corrected chi connectivity index (χ4v) is 1.85. The number of hydrogen-bond donors (Lipinski definition) is 2. The van der Waals surface area contributed by atoms with Gasteiger partial charge in [0.15, 0.2) is 0 Å². The van der Waals surface area contributed by atoms with Gasteiger partial charge in [-0.05, 0) is 26.8 Å². The van der Waals surface area contributed by atoms with Crippen LogP contribution in [-0.4, -0.2) is 29.1 Å². The number of halogens is 3. The third-order valence-corrected chi connectivity index (χ3v) is 2.59. The molecule has 1 rings (SSSR count). The minimum atomic E-state index is -4.95. The molecule has 0 saturated carbocycles. The Hall–Kier alpha value is -2.45. The maximum Gasteiger partial charge on any atom is 0.573 e. The molecule has 2 N–H and O–H groups in total. The molecule has 0 aliphatic heterocycles. The van der Waals surface area contributed by atoms with Gasteiger partial charge in [0.2, 0.25) is 0 Å². The minimum Gasteiger partial charge on any atom is -0.481 e. The number of carboxylic acid groups (broad SMARTS) is 1. The number of alkyl halides is 3. The van der Waals surface area contributed by atoms with Crippen molar-refractivity contribution in [1.82, 2.24) is 5.32 Å². The van der Waals surface area contributed by atoms with E-state index in [0.29, 0.717) is 0 Å². The van der Waals surface area contributed by atoms with Gasteiger partial charge in [-0.1, -0.05) is 18.2 Å². The van der Waals surface area contributed by atoms with Gasteiger partial charge in [-0.25, -0.2) is 4.79 Å². The van der Waals surface area contributed by atoms with Gasteiger partial charge in [-0.2, -0.15) is 0 Å². The predicted octanol–water partition coefficient (Wildman–Crippen LogP) is 3.63. The fraction of sp³-hybridized carbons (Fsp3) is 0.467. The predicted molar refractivity (Wildman–Crippen MR) is 77.5 cm³/mol. The Morgan fingerprint density at radius 3 is 2.29 bits per heavy atom. The molecule has 0 saturated heterocycles. The highest BCUT2D eigenvalue weighted by molar-refractivity contribution is 5.72. The van der Waals surface area contributed by atoms with Crippen molar-refractivity contribution < 1.29 is 37.3 Å². The van der Waals surface area contributed by atoms with E-state index in [1.165, 1.54) is 18.2 Å². The molecular formula is C15H18F3NO5. The maximum absolute atomic E-state index is 12.5. The Morgan fingerprint density at radius 2 is 1.79 bits per heavy atom. The lowest BCUT2D eigenvalue weighted by molar-refractivity contribution is -0.275. The average Bonchev–Trinajstić information content (AvgIpc) is 2.33. The molecule has 1 aromatic carbocycles. The van der Waals surface area contributed by atoms with E-state index in [9.17, 15) is 22.8 Å². The van der Waals surface area contributed by atoms with Crippen LogP contribution in [-0.2, 0) is 9.53 Å². The second-order valence-electron chi connectivity index (χ2n) is 5.88. The lowest BCUT2D eigenvalue weighted by Gasteiger charge is -2.24. The number of benzene rings is 1. The van der Waals surface area contributed by atoms with Crippen LogP contribution in [0.25, 0.3) is 0 Å². The monoisotopic (exact) mass is 349 g/mol. The number of nitrogens with one attached hydrogen (secondary N) is 1. The molecule has 1 aromatic rings. The van der Waals surface area contributed by atoms with Crippen molar-refractivity contribution in [1.29, 1.82) is 0 Å². The third kappa shape index (κ3) is 7.21. The summed E-state index contributed by atoms with van der Waals surface area (Å²) >= 11 is 0. The highest BCUT2D eigenvalue weighted by Crippen LogP contribution is 2.31. The van der Waals surface area contributed by atoms with Gasteiger partial charge in [0, 0.05) is 5.56 Å². The summed E-state index contributed by atoms with van der Waals surface area (Å²) in [7, 11) is 0. The third-order valence-electron chi connectivity index (χ3n) is 2.59. The molecule has 9 heteroatoms. The second kappa shape index (κ2) is 7.41. The van der Waals surface area contributed by atoms with Crippen LogP contribution in [0.15, 0.2) is 24.3 Å². The number of carboxylic acids is 1. The zero-order chi connectivity index (χ0) is 18.5. The van der Waals surface area contributed by atoms with E-state index in [0.717, 1.165) is 6.07 Å². The number of aliphatic carboxylic acids is 1. The molecule has 0 unspecified atom stereocenters. The van der Waals surface area contributed by atoms with Crippen LogP contribution >= 0.6 is 0 Å². The van der Waals surface area contributed by atoms with Crippen LogP contribution in [0, 0.1) is 0 Å². The molecule has 0 spiro atoms. The lowest BCUT2D eigenvalue weighted by atomic mass is 10.0. The Bertz CT molecular complexity index is 596. The summed E-state index contributed by atoms with van der Waals surface area (Å²) in [6.07, 6.45) is -6.54. The van der Waals surface area contributed by atoms with Crippen LogP contribution < -0.4 is 10.1 Å². The highest BCUT2D eigenvalue weighted by atomic mass is 19.4. The van der Waals surface area contributed by atoms with Gasteiger partial charge in [0.1, 0.15) is 11.4 Å². The summed E-state index contributed by atoms with van der Waals surface area (Å²) < 4.78 is 46.3. The van der Waals surface area contributed by atoms with Gasteiger partial charge in [-0.15, -0.1) is 13.2 Å². The molecule has 24 heavy (non-hydrogen) atoms. The first-order chi connectivity index (χ1) is 10.9. The Labute approximate surface area is 136 Å². The molecule has 0 aromatic heterocycles. The molecule has 0 bridgehead atoms. The molecule has 0 aliphatic rings. The number of amides is 1. The van der Waals surface area contributed by atoms with Crippen molar-refractivity contribution in [2.45, 2.75) is 45.2 Å². The smallest absolute Gasteiger partial charge is 0.481 e. The summed E-state index contributed by atoms with van der Waals surface area (Å²) in [5.74, 6) is -1.90. The summed E-state index contributed by atoms with van der Waals surface area (Å²) in [6, 6.07) is 3.73. The molecule has 1 atom stereocenters. The van der Waals surface area contributed by atoms with E-state index in [1.807, 2.05) is 0 Å². The van der Waals surface area contributed by atoms with E-state index in [4.69, 9.17) is 9.84 Å². The SMILES string of the molecule is CC(C)(C)OC(=O)N[C@@H](CC(=O)O)c1ccccc1OC(F)(F)F. The zero-order valence-electron chi connectivity index (χ0n) is 13.3. The van der Waals surface area contributed by atoms with Gasteiger partial charge in [0.05, 0.1) is 12.5 Å². The second-order valence-corrected chi connectivity index (χ2v) is 5.88. The molecule has 134 valence electrons. The fourth-order valence-electron chi connectivity index (χ4n) is 1.85. The van der Waals surface area contributed by atoms with Crippen molar-refractivity contribution in [3.63, 3.8) is 0 Å². The number of carbonyl (C=O) groups excluding carboxylic acids is 1. The minimum absolute atomic E-state index is 0.122. The summed E-state index contributed by atoms with van der Waals surface area (Å²) in [5, 5.41) is 11.2. The molecule has 6 nitrogen and oxygen atoms in total. The van der Waals surface area contributed by atoms with Crippen LogP contribution in [0.2, 0.25) is 0 Å². The highest BCUT2D eigenvalue weighted by Gasteiger charge is 2.33. The van der Waals surface area contributed by atoms with E-state index in [1.54, 1.807) is 20.8 Å². The molecule has 1 amide bonds. The van der Waals surface area contributed by atoms with E-state index in [2.05, 4.69) is 10.1 Å². The number of rotatable bonds is 5. The maximum atomic E-state index is 12.5. The molecule has 0 heterocycles. The average molecular weight is 349 g/mol. The summed E-state index contributed by atoms with van der Waals surface area (Å²) in [6.45, 7) is 4.79. The first-order valence-corrected chi connectivity index (χ1v) is 6.93. The van der Waals surface area contributed by atoms with Crippen LogP contribution in [0.4, 0.5) is 18.0 Å². The number of hydrogen-bond acceptors (Lipinski definition) is 4. The van der Waals surface area contributed by atoms with E-state index >= 15 is 0 Å². The zero-order valence-corrected chi connectivity index (χ0v) is 13.3. The van der Waals surface area contributed by atoms with Crippen molar-refractivity contribution >= 4 is 12.1 Å². The van der Waals surface area contributed by atoms with Crippen molar-refractivity contribution in [2.24, 2.45) is 0 Å². The topological polar surface area (TPSA) is 84.9 Å². The largest absolute Gasteiger partial charge is 0.573 e. The number of alkyl carbamates (subject to hydrolysis) is 1. The first-order valence-electron chi connectivity index (χ1n) is 6.93. The van der Waals surface area contributed by atoms with Crippen molar-refractivity contribution in [2.75, 3.05) is 0 Å². The summed E-state index contributed by atoms with van der Waals surface area (Å²) in [4.78, 5) is 22.8. The van der Waals surface area contributed by atoms with Crippen LogP contribution in [0.5, 0.6) is 5.75 Å². The normalized spacial score (nSPS) is 13.1. The van der Waals surface area contributed by atoms with Gasteiger partial charge in [-0.3, -0.25) is 4.79 Å². The van der Waals surface area contributed by atoms with Crippen molar-refractivity contribution in [3.05, 3.63) is 29.8 Å². The van der Waals surface area contributed by atoms with E-state index < -0.39 is 42.2 Å².